The maximum atomic E-state index is 10.4. The fourth-order valence-corrected chi connectivity index (χ4v) is 1.05. The minimum Gasteiger partial charge on any atom is -0.480 e. The zero-order valence-electron chi connectivity index (χ0n) is 11.2. The number of carboxylic acid groups (broad SMARTS) is 2. The van der Waals surface area contributed by atoms with Crippen molar-refractivity contribution in [3.8, 4) is 0 Å². The van der Waals surface area contributed by atoms with E-state index in [0.29, 0.717) is 6.42 Å². The second-order valence-corrected chi connectivity index (χ2v) is 5.19. The van der Waals surface area contributed by atoms with Crippen LogP contribution in [0.3, 0.4) is 0 Å². The molecule has 0 spiro atoms. The predicted molar refractivity (Wildman–Crippen MR) is 62.4 cm³/mol. The van der Waals surface area contributed by atoms with Gasteiger partial charge in [0.2, 0.25) is 0 Å². The summed E-state index contributed by atoms with van der Waals surface area (Å²) in [5.74, 6) is -2.41. The first-order valence-electron chi connectivity index (χ1n) is 3.76. The van der Waals surface area contributed by atoms with Crippen LogP contribution in [0.25, 0.3) is 0 Å². The van der Waals surface area contributed by atoms with Crippen LogP contribution in [0.4, 0.5) is 0 Å². The Labute approximate surface area is 180 Å². The van der Waals surface area contributed by atoms with Gasteiger partial charge < -0.3 is 22.5 Å². The Balaban J connectivity index is -0.0000000443. The summed E-state index contributed by atoms with van der Waals surface area (Å²) in [7, 11) is -3.83. The largest absolute Gasteiger partial charge is 2.00 e. The third kappa shape index (κ3) is 14.8. The van der Waals surface area contributed by atoms with Crippen molar-refractivity contribution in [2.75, 3.05) is 0 Å². The number of hydrogen-bond acceptors (Lipinski definition) is 6. The molecule has 20 heavy (non-hydrogen) atoms. The molecule has 1 fully saturated rings. The minimum atomic E-state index is -3.83. The van der Waals surface area contributed by atoms with Crippen LogP contribution >= 0.6 is 0 Å². The van der Waals surface area contributed by atoms with E-state index in [1.165, 1.54) is 0 Å². The second kappa shape index (κ2) is 15.7. The number of carbonyl (C=O) groups is 2. The summed E-state index contributed by atoms with van der Waals surface area (Å²) in [5.41, 5.74) is -1.44. The van der Waals surface area contributed by atoms with E-state index in [1.54, 1.807) is 0 Å². The number of aliphatic carboxylic acids is 2. The summed E-state index contributed by atoms with van der Waals surface area (Å²) < 4.78 is 24.0. The molecule has 9 nitrogen and oxygen atoms in total. The molecular weight excluding hydrogens is 517 g/mol. The number of rotatable bonds is 2. The van der Waals surface area contributed by atoms with Crippen molar-refractivity contribution in [1.29, 1.82) is 0 Å². The topological polar surface area (TPSA) is 202 Å². The van der Waals surface area contributed by atoms with E-state index in [1.807, 2.05) is 0 Å². The molecule has 1 aliphatic carbocycles. The van der Waals surface area contributed by atoms with Crippen molar-refractivity contribution in [2.24, 2.45) is 5.41 Å². The molecule has 0 aromatic carbocycles. The smallest absolute Gasteiger partial charge is 0.480 e. The fraction of sp³-hybridized carbons (Fsp3) is 0.667. The van der Waals surface area contributed by atoms with E-state index in [-0.39, 0.29) is 105 Å². The molecule has 0 aliphatic heterocycles. The molecule has 0 aromatic heterocycles. The van der Waals surface area contributed by atoms with E-state index < -0.39 is 26.4 Å². The Morgan fingerprint density at radius 3 is 1.20 bits per heavy atom. The first-order chi connectivity index (χ1) is 6.59. The Bertz CT molecular complexity index is 354. The van der Waals surface area contributed by atoms with E-state index in [9.17, 15) is 9.59 Å². The van der Waals surface area contributed by atoms with E-state index >= 15 is 0 Å². The average molecular weight is 533 g/mol. The van der Waals surface area contributed by atoms with Crippen LogP contribution in [-0.2, 0) is 50.9 Å². The average Bonchev–Trinajstić information content (AvgIpc) is 1.75. The normalized spacial score (nSPS) is 13.5. The van der Waals surface area contributed by atoms with Gasteiger partial charge in [-0.15, -0.1) is 0 Å². The molecule has 1 rings (SSSR count). The zero-order valence-corrected chi connectivity index (χ0v) is 19.1. The molecule has 0 saturated heterocycles. The summed E-state index contributed by atoms with van der Waals surface area (Å²) in [5, 5.41) is 16.9. The monoisotopic (exact) mass is 533 g/mol. The predicted octanol–water partition coefficient (Wildman–Crippen LogP) is -5.67. The Kier molecular flexibility index (Phi) is 29.7. The van der Waals surface area contributed by atoms with Crippen LogP contribution in [0.5, 0.6) is 0 Å². The van der Waals surface area contributed by atoms with Crippen molar-refractivity contribution in [1.82, 2.24) is 12.3 Å². The third-order valence-corrected chi connectivity index (χ3v) is 2.03. The van der Waals surface area contributed by atoms with Gasteiger partial charge in [0.25, 0.3) is 9.05 Å². The Morgan fingerprint density at radius 1 is 1.00 bits per heavy atom. The van der Waals surface area contributed by atoms with Gasteiger partial charge in [-0.3, -0.25) is 18.7 Å². The van der Waals surface area contributed by atoms with Gasteiger partial charge in [0, 0.05) is 11.2 Å². The molecule has 0 heterocycles. The number of hydrogen-bond donors (Lipinski definition) is 6. The maximum absolute atomic E-state index is 10.4. The van der Waals surface area contributed by atoms with Crippen molar-refractivity contribution in [2.45, 2.75) is 19.3 Å². The zero-order chi connectivity index (χ0) is 12.3. The Morgan fingerprint density at radius 2 is 1.20 bits per heavy atom. The van der Waals surface area contributed by atoms with E-state index in [2.05, 4.69) is 11.2 Å². The molecule has 0 unspecified atom stereocenters. The quantitative estimate of drug-likeness (QED) is 0.147. The van der Waals surface area contributed by atoms with Crippen LogP contribution in [-0.4, -0.2) is 35.5 Å². The van der Waals surface area contributed by atoms with Crippen LogP contribution in [0, 0.1) is 5.41 Å². The van der Waals surface area contributed by atoms with Crippen molar-refractivity contribution in [3.63, 3.8) is 0 Å². The van der Waals surface area contributed by atoms with Gasteiger partial charge in [-0.2, -0.15) is 4.21 Å². The fourth-order valence-electron chi connectivity index (χ4n) is 1.05. The molecule has 1 aliphatic rings. The summed E-state index contributed by atoms with van der Waals surface area (Å²) >= 11 is 3.47. The van der Waals surface area contributed by atoms with Crippen LogP contribution in [0.2, 0.25) is 0 Å². The summed E-state index contributed by atoms with van der Waals surface area (Å²) in [4.78, 5) is 20.7. The first kappa shape index (κ1) is 37.8. The van der Waals surface area contributed by atoms with Crippen LogP contribution < -0.4 is 71.4 Å². The summed E-state index contributed by atoms with van der Waals surface area (Å²) in [6, 6.07) is 0. The molecule has 14 heteroatoms. The molecule has 0 atom stereocenters. The maximum Gasteiger partial charge on any atom is 2.00 e. The van der Waals surface area contributed by atoms with Gasteiger partial charge in [-0.25, -0.2) is 0 Å². The molecule has 10 N–H and O–H groups in total. The van der Waals surface area contributed by atoms with E-state index in [4.69, 9.17) is 23.5 Å². The van der Waals surface area contributed by atoms with Gasteiger partial charge in [0.05, 0.1) is 0 Å². The van der Waals surface area contributed by atoms with Crippen molar-refractivity contribution in [3.05, 3.63) is 0 Å². The first-order valence-corrected chi connectivity index (χ1v) is 6.16. The van der Waals surface area contributed by atoms with Gasteiger partial charge in [0.15, 0.2) is 5.41 Å². The molecule has 112 valence electrons. The third-order valence-electron chi connectivity index (χ3n) is 2.03. The SMILES string of the molecule is N.N.O=C(O)C1(C(=O)O)CCC1.O=S(O)(O)=S.[Na+].[Na+].[Pt+2]. The van der Waals surface area contributed by atoms with Crippen LogP contribution in [0.1, 0.15) is 19.3 Å². The molecular formula is C6H16N2Na2O7PtS2+4. The van der Waals surface area contributed by atoms with Gasteiger partial charge >= 0.3 is 92.1 Å². The second-order valence-electron chi connectivity index (χ2n) is 2.99. The van der Waals surface area contributed by atoms with Gasteiger partial charge in [0.1, 0.15) is 0 Å². The minimum absolute atomic E-state index is 0. The van der Waals surface area contributed by atoms with Crippen molar-refractivity contribution < 1.29 is 113 Å². The Hall–Kier alpha value is 1.84. The summed E-state index contributed by atoms with van der Waals surface area (Å²) in [6.07, 6.45) is 1.26. The van der Waals surface area contributed by atoms with Gasteiger partial charge in [-0.05, 0) is 19.3 Å². The van der Waals surface area contributed by atoms with Crippen LogP contribution in [0.15, 0.2) is 0 Å². The van der Waals surface area contributed by atoms with Crippen molar-refractivity contribution >= 4 is 32.2 Å². The summed E-state index contributed by atoms with van der Waals surface area (Å²) in [6.45, 7) is 0. The van der Waals surface area contributed by atoms with Gasteiger partial charge in [-0.1, -0.05) is 0 Å². The molecule has 0 aromatic rings. The number of carboxylic acids is 2. The molecule has 0 amide bonds. The van der Waals surface area contributed by atoms with E-state index in [0.717, 1.165) is 0 Å². The molecule has 0 radical (unpaired) electrons. The molecule has 1 saturated carbocycles. The standard InChI is InChI=1S/C6H8O4.2H3N.2Na.H2O3S2.Pt/c7-4(8)6(5(9)10)2-1-3-6;;;;;1-5(2,3)4;/h1-3H2,(H,7,8)(H,9,10);2*1H3;;;(H2,1,2,3,4);/q;;;2*+1;;+2. The molecule has 0 bridgehead atoms.